The van der Waals surface area contributed by atoms with Gasteiger partial charge < -0.3 is 14.4 Å². The SMILES string of the molecule is CCCCC(Oc1ccc(C(=O)c2cn(CCCC(=O)O)c3ccccc23)cc1)c1ccc(CC2CC2)cc1. The van der Waals surface area contributed by atoms with E-state index in [4.69, 9.17) is 9.84 Å². The van der Waals surface area contributed by atoms with E-state index >= 15 is 0 Å². The van der Waals surface area contributed by atoms with E-state index in [-0.39, 0.29) is 18.3 Å². The number of ether oxygens (including phenoxy) is 1. The normalized spacial score (nSPS) is 13.9. The minimum Gasteiger partial charge on any atom is -0.486 e. The third-order valence-corrected chi connectivity index (χ3v) is 7.61. The number of nitrogens with zero attached hydrogens (tertiary/aromatic N) is 1. The molecule has 5 rings (SSSR count). The summed E-state index contributed by atoms with van der Waals surface area (Å²) in [6, 6.07) is 24.1. The van der Waals surface area contributed by atoms with Crippen LogP contribution >= 0.6 is 0 Å². The standard InChI is InChI=1S/C34H37NO4/c1-2-3-9-32(26-15-13-25(14-16-26)22-24-11-12-24)39-28-19-17-27(18-20-28)34(38)30-23-35(21-6-10-33(36)37)31-8-5-4-7-29(30)31/h4-5,7-8,13-20,23-24,32H,2-3,6,9-12,21-22H2,1H3,(H,36,37). The lowest BCUT2D eigenvalue weighted by Crippen LogP contribution is -2.08. The van der Waals surface area contributed by atoms with Crippen molar-refractivity contribution in [2.75, 3.05) is 0 Å². The van der Waals surface area contributed by atoms with Crippen molar-refractivity contribution in [3.63, 3.8) is 0 Å². The molecule has 1 aliphatic rings. The molecule has 0 aliphatic heterocycles. The van der Waals surface area contributed by atoms with Crippen LogP contribution in [0.25, 0.3) is 10.9 Å². The number of aliphatic carboxylic acids is 1. The van der Waals surface area contributed by atoms with Gasteiger partial charge >= 0.3 is 5.97 Å². The van der Waals surface area contributed by atoms with Crippen LogP contribution < -0.4 is 4.74 Å². The molecule has 1 aliphatic carbocycles. The van der Waals surface area contributed by atoms with Gasteiger partial charge in [-0.25, -0.2) is 0 Å². The second-order valence-electron chi connectivity index (χ2n) is 10.7. The van der Waals surface area contributed by atoms with Crippen LogP contribution in [0.4, 0.5) is 0 Å². The molecule has 1 fully saturated rings. The van der Waals surface area contributed by atoms with Crippen molar-refractivity contribution < 1.29 is 19.4 Å². The lowest BCUT2D eigenvalue weighted by Gasteiger charge is -2.20. The Hall–Kier alpha value is -3.86. The quantitative estimate of drug-likeness (QED) is 0.170. The van der Waals surface area contributed by atoms with Gasteiger partial charge in [0.1, 0.15) is 11.9 Å². The summed E-state index contributed by atoms with van der Waals surface area (Å²) in [4.78, 5) is 24.5. The first-order chi connectivity index (χ1) is 19.0. The third kappa shape index (κ3) is 6.78. The van der Waals surface area contributed by atoms with Crippen LogP contribution in [-0.2, 0) is 17.8 Å². The number of ketones is 1. The number of aryl methyl sites for hydroxylation is 1. The molecule has 1 heterocycles. The Labute approximate surface area is 230 Å². The van der Waals surface area contributed by atoms with Crippen LogP contribution in [0, 0.1) is 5.92 Å². The first-order valence-corrected chi connectivity index (χ1v) is 14.2. The van der Waals surface area contributed by atoms with Crippen LogP contribution in [-0.4, -0.2) is 21.4 Å². The first kappa shape index (κ1) is 26.7. The minimum atomic E-state index is -0.812. The van der Waals surface area contributed by atoms with Crippen LogP contribution in [0.2, 0.25) is 0 Å². The Balaban J connectivity index is 1.31. The molecule has 1 atom stereocenters. The smallest absolute Gasteiger partial charge is 0.303 e. The predicted octanol–water partition coefficient (Wildman–Crippen LogP) is 8.00. The Morgan fingerprint density at radius 2 is 1.72 bits per heavy atom. The van der Waals surface area contributed by atoms with Gasteiger partial charge in [0.25, 0.3) is 0 Å². The molecule has 5 heteroatoms. The largest absolute Gasteiger partial charge is 0.486 e. The van der Waals surface area contributed by atoms with Crippen LogP contribution in [0.5, 0.6) is 5.75 Å². The van der Waals surface area contributed by atoms with Gasteiger partial charge in [-0.15, -0.1) is 0 Å². The lowest BCUT2D eigenvalue weighted by molar-refractivity contribution is -0.137. The second kappa shape index (κ2) is 12.3. The number of fused-ring (bicyclic) bond motifs is 1. The first-order valence-electron chi connectivity index (χ1n) is 14.2. The van der Waals surface area contributed by atoms with Crippen molar-refractivity contribution in [3.05, 3.63) is 101 Å². The number of carbonyl (C=O) groups excluding carboxylic acids is 1. The number of rotatable bonds is 14. The minimum absolute atomic E-state index is 0.0229. The Kier molecular flexibility index (Phi) is 8.45. The average molecular weight is 524 g/mol. The highest BCUT2D eigenvalue weighted by molar-refractivity contribution is 6.16. The zero-order chi connectivity index (χ0) is 27.2. The van der Waals surface area contributed by atoms with Crippen molar-refractivity contribution >= 4 is 22.7 Å². The predicted molar refractivity (Wildman–Crippen MR) is 154 cm³/mol. The average Bonchev–Trinajstić information content (AvgIpc) is 3.70. The number of hydrogen-bond acceptors (Lipinski definition) is 3. The molecule has 202 valence electrons. The number of carbonyl (C=O) groups is 2. The van der Waals surface area contributed by atoms with Crippen LogP contribution in [0.1, 0.15) is 85.0 Å². The van der Waals surface area contributed by atoms with Crippen molar-refractivity contribution in [3.8, 4) is 5.75 Å². The van der Waals surface area contributed by atoms with E-state index in [1.165, 1.54) is 30.4 Å². The van der Waals surface area contributed by atoms with Crippen molar-refractivity contribution in [1.29, 1.82) is 0 Å². The van der Waals surface area contributed by atoms with Gasteiger partial charge in [-0.3, -0.25) is 9.59 Å². The number of benzene rings is 3. The summed E-state index contributed by atoms with van der Waals surface area (Å²) in [6.45, 7) is 2.74. The summed E-state index contributed by atoms with van der Waals surface area (Å²) in [5, 5.41) is 9.88. The van der Waals surface area contributed by atoms with Crippen molar-refractivity contribution in [2.45, 2.75) is 70.9 Å². The monoisotopic (exact) mass is 523 g/mol. The zero-order valence-corrected chi connectivity index (χ0v) is 22.6. The molecule has 0 saturated heterocycles. The fourth-order valence-electron chi connectivity index (χ4n) is 5.22. The van der Waals surface area contributed by atoms with E-state index in [1.807, 2.05) is 59.3 Å². The molecule has 0 spiro atoms. The number of unbranched alkanes of at least 4 members (excludes halogenated alkanes) is 1. The van der Waals surface area contributed by atoms with E-state index in [0.717, 1.165) is 41.8 Å². The van der Waals surface area contributed by atoms with Crippen molar-refractivity contribution in [1.82, 2.24) is 4.57 Å². The van der Waals surface area contributed by atoms with Gasteiger partial charge in [0.05, 0.1) is 0 Å². The van der Waals surface area contributed by atoms with Gasteiger partial charge in [-0.1, -0.05) is 55.8 Å². The van der Waals surface area contributed by atoms with Gasteiger partial charge in [0.15, 0.2) is 5.78 Å². The molecular weight excluding hydrogens is 486 g/mol. The molecule has 1 saturated carbocycles. The molecular formula is C34H37NO4. The molecule has 0 bridgehead atoms. The van der Waals surface area contributed by atoms with E-state index in [0.29, 0.717) is 24.1 Å². The fourth-order valence-corrected chi connectivity index (χ4v) is 5.22. The molecule has 1 aromatic heterocycles. The van der Waals surface area contributed by atoms with Crippen LogP contribution in [0.15, 0.2) is 79.0 Å². The van der Waals surface area contributed by atoms with Crippen molar-refractivity contribution in [2.24, 2.45) is 5.92 Å². The molecule has 5 nitrogen and oxygen atoms in total. The van der Waals surface area contributed by atoms with Gasteiger partial charge in [-0.05, 0) is 85.9 Å². The number of carboxylic acids is 1. The molecule has 4 aromatic rings. The lowest BCUT2D eigenvalue weighted by atomic mass is 10.00. The molecule has 1 N–H and O–H groups in total. The molecule has 3 aromatic carbocycles. The van der Waals surface area contributed by atoms with E-state index in [1.54, 1.807) is 0 Å². The van der Waals surface area contributed by atoms with Gasteiger partial charge in [0, 0.05) is 41.2 Å². The highest BCUT2D eigenvalue weighted by Gasteiger charge is 2.22. The maximum Gasteiger partial charge on any atom is 0.303 e. The Bertz CT molecular complexity index is 1410. The van der Waals surface area contributed by atoms with Gasteiger partial charge in [0.2, 0.25) is 0 Å². The number of para-hydroxylation sites is 1. The number of carboxylic acid groups (broad SMARTS) is 1. The molecule has 39 heavy (non-hydrogen) atoms. The fraction of sp³-hybridized carbons (Fsp3) is 0.353. The second-order valence-corrected chi connectivity index (χ2v) is 10.7. The summed E-state index contributed by atoms with van der Waals surface area (Å²) < 4.78 is 8.43. The zero-order valence-electron chi connectivity index (χ0n) is 22.6. The topological polar surface area (TPSA) is 68.5 Å². The molecule has 0 radical (unpaired) electrons. The van der Waals surface area contributed by atoms with Crippen LogP contribution in [0.3, 0.4) is 0 Å². The molecule has 0 amide bonds. The van der Waals surface area contributed by atoms with E-state index in [2.05, 4.69) is 31.2 Å². The Morgan fingerprint density at radius 1 is 0.974 bits per heavy atom. The summed E-state index contributed by atoms with van der Waals surface area (Å²) in [5.74, 6) is 0.764. The van der Waals surface area contributed by atoms with E-state index in [9.17, 15) is 9.59 Å². The summed E-state index contributed by atoms with van der Waals surface area (Å²) >= 11 is 0. The summed E-state index contributed by atoms with van der Waals surface area (Å²) in [5.41, 5.74) is 4.76. The summed E-state index contributed by atoms with van der Waals surface area (Å²) in [6.07, 6.45) is 9.47. The maximum absolute atomic E-state index is 13.5. The highest BCUT2D eigenvalue weighted by atomic mass is 16.5. The maximum atomic E-state index is 13.5. The number of hydrogen-bond donors (Lipinski definition) is 1. The number of aromatic nitrogens is 1. The summed E-state index contributed by atoms with van der Waals surface area (Å²) in [7, 11) is 0. The Morgan fingerprint density at radius 3 is 2.41 bits per heavy atom. The third-order valence-electron chi connectivity index (χ3n) is 7.61. The molecule has 1 unspecified atom stereocenters. The van der Waals surface area contributed by atoms with E-state index < -0.39 is 5.97 Å². The highest BCUT2D eigenvalue weighted by Crippen LogP contribution is 2.34. The van der Waals surface area contributed by atoms with Gasteiger partial charge in [-0.2, -0.15) is 0 Å².